The molecule has 3 rings (SSSR count). The number of phosphoric acid groups is 1. The highest BCUT2D eigenvalue weighted by Gasteiger charge is 2.27. The Balaban J connectivity index is 1.75. The van der Waals surface area contributed by atoms with Crippen molar-refractivity contribution in [3.05, 3.63) is 106 Å². The smallest absolute Gasteiger partial charge is 0.282 e. The summed E-state index contributed by atoms with van der Waals surface area (Å²) in [5.41, 5.74) is 3.25. The lowest BCUT2D eigenvalue weighted by molar-refractivity contribution is 0.0978. The van der Waals surface area contributed by atoms with Gasteiger partial charge in [-0.3, -0.25) is 13.6 Å². The summed E-state index contributed by atoms with van der Waals surface area (Å²) in [5.74, 6) is 0. The monoisotopic (exact) mass is 443 g/mol. The molecule has 0 aliphatic rings. The van der Waals surface area contributed by atoms with Gasteiger partial charge in [0.1, 0.15) is 0 Å². The molecule has 8 heteroatoms. The lowest BCUT2D eigenvalue weighted by atomic mass is 10.1. The highest BCUT2D eigenvalue weighted by Crippen LogP contribution is 2.51. The van der Waals surface area contributed by atoms with Gasteiger partial charge in [0.05, 0.1) is 54.7 Å². The van der Waals surface area contributed by atoms with E-state index in [9.17, 15) is 4.57 Å². The van der Waals surface area contributed by atoms with Crippen molar-refractivity contribution in [3.8, 4) is 18.2 Å². The summed E-state index contributed by atoms with van der Waals surface area (Å²) in [4.78, 5) is 0. The van der Waals surface area contributed by atoms with Crippen LogP contribution in [0.25, 0.3) is 0 Å². The van der Waals surface area contributed by atoms with Crippen LogP contribution < -0.4 is 0 Å². The Bertz CT molecular complexity index is 1120. The van der Waals surface area contributed by atoms with Crippen molar-refractivity contribution in [2.45, 2.75) is 19.8 Å². The molecule has 0 spiro atoms. The zero-order valence-electron chi connectivity index (χ0n) is 17.0. The summed E-state index contributed by atoms with van der Waals surface area (Å²) in [7, 11) is -4.04. The van der Waals surface area contributed by atoms with Gasteiger partial charge >= 0.3 is 7.82 Å². The van der Waals surface area contributed by atoms with E-state index in [0.717, 1.165) is 0 Å². The maximum atomic E-state index is 13.3. The van der Waals surface area contributed by atoms with E-state index >= 15 is 0 Å². The van der Waals surface area contributed by atoms with Crippen LogP contribution in [-0.4, -0.2) is 0 Å². The van der Waals surface area contributed by atoms with E-state index in [1.807, 2.05) is 18.2 Å². The molecular weight excluding hydrogens is 425 g/mol. The highest BCUT2D eigenvalue weighted by molar-refractivity contribution is 7.48. The summed E-state index contributed by atoms with van der Waals surface area (Å²) >= 11 is 0. The van der Waals surface area contributed by atoms with E-state index in [4.69, 9.17) is 29.4 Å². The van der Waals surface area contributed by atoms with Gasteiger partial charge in [-0.1, -0.05) is 36.4 Å². The minimum atomic E-state index is -4.04. The predicted molar refractivity (Wildman–Crippen MR) is 115 cm³/mol. The predicted octanol–water partition coefficient (Wildman–Crippen LogP) is 5.36. The van der Waals surface area contributed by atoms with Crippen molar-refractivity contribution < 1.29 is 18.1 Å². The van der Waals surface area contributed by atoms with E-state index in [-0.39, 0.29) is 19.8 Å². The van der Waals surface area contributed by atoms with Crippen molar-refractivity contribution in [1.29, 1.82) is 15.8 Å². The van der Waals surface area contributed by atoms with Crippen LogP contribution in [0.3, 0.4) is 0 Å². The summed E-state index contributed by atoms with van der Waals surface area (Å²) < 4.78 is 30.0. The number of hydrogen-bond acceptors (Lipinski definition) is 7. The molecule has 158 valence electrons. The summed E-state index contributed by atoms with van der Waals surface area (Å²) in [6.07, 6.45) is 0. The molecule has 0 fully saturated rings. The Morgan fingerprint density at radius 2 is 0.906 bits per heavy atom. The van der Waals surface area contributed by atoms with Crippen molar-refractivity contribution in [1.82, 2.24) is 0 Å². The lowest BCUT2D eigenvalue weighted by Gasteiger charge is -2.18. The highest BCUT2D eigenvalue weighted by atomic mass is 31.2. The first kappa shape index (κ1) is 22.9. The molecule has 7 nitrogen and oxygen atoms in total. The molecule has 0 aromatic heterocycles. The molecule has 3 aromatic carbocycles. The van der Waals surface area contributed by atoms with Gasteiger partial charge in [0, 0.05) is 0 Å². The third kappa shape index (κ3) is 6.62. The van der Waals surface area contributed by atoms with Gasteiger partial charge in [0.15, 0.2) is 0 Å². The van der Waals surface area contributed by atoms with E-state index in [1.165, 1.54) is 0 Å². The fourth-order valence-corrected chi connectivity index (χ4v) is 3.91. The number of rotatable bonds is 9. The maximum absolute atomic E-state index is 13.3. The first-order chi connectivity index (χ1) is 15.5. The van der Waals surface area contributed by atoms with E-state index in [1.54, 1.807) is 72.8 Å². The second kappa shape index (κ2) is 11.0. The Morgan fingerprint density at radius 3 is 1.19 bits per heavy atom. The average molecular weight is 443 g/mol. The molecule has 0 bridgehead atoms. The van der Waals surface area contributed by atoms with Crippen LogP contribution in [0.4, 0.5) is 0 Å². The third-order valence-corrected chi connectivity index (χ3v) is 5.67. The topological polar surface area (TPSA) is 116 Å². The fourth-order valence-electron chi connectivity index (χ4n) is 2.76. The molecule has 3 aromatic rings. The maximum Gasteiger partial charge on any atom is 0.475 e. The van der Waals surface area contributed by atoms with E-state index < -0.39 is 7.82 Å². The SMILES string of the molecule is N#Cc1cccc(COP(=O)(OCc2cccc(C#N)c2)OCc2cccc(C#N)c2)c1. The molecule has 0 atom stereocenters. The van der Waals surface area contributed by atoms with Crippen LogP contribution in [0.5, 0.6) is 0 Å². The Morgan fingerprint density at radius 1 is 0.594 bits per heavy atom. The molecular formula is C24H18N3O4P. The minimum Gasteiger partial charge on any atom is -0.282 e. The largest absolute Gasteiger partial charge is 0.475 e. The van der Waals surface area contributed by atoms with Crippen LogP contribution in [0, 0.1) is 34.0 Å². The fraction of sp³-hybridized carbons (Fsp3) is 0.125. The zero-order valence-corrected chi connectivity index (χ0v) is 17.9. The molecule has 0 heterocycles. The van der Waals surface area contributed by atoms with Gasteiger partial charge in [0.25, 0.3) is 0 Å². The van der Waals surface area contributed by atoms with Gasteiger partial charge in [-0.15, -0.1) is 0 Å². The van der Waals surface area contributed by atoms with Crippen molar-refractivity contribution in [2.24, 2.45) is 0 Å². The van der Waals surface area contributed by atoms with E-state index in [2.05, 4.69) is 0 Å². The second-order valence-electron chi connectivity index (χ2n) is 6.70. The summed E-state index contributed by atoms with van der Waals surface area (Å²) in [5, 5.41) is 27.2. The molecule has 0 amide bonds. The molecule has 0 aliphatic carbocycles. The quantitative estimate of drug-likeness (QED) is 0.409. The first-order valence-electron chi connectivity index (χ1n) is 9.54. The zero-order chi connectivity index (χ0) is 22.8. The molecule has 0 saturated carbocycles. The van der Waals surface area contributed by atoms with Crippen LogP contribution in [-0.2, 0) is 38.0 Å². The molecule has 0 saturated heterocycles. The minimum absolute atomic E-state index is 0.0940. The number of hydrogen-bond donors (Lipinski definition) is 0. The first-order valence-corrected chi connectivity index (χ1v) is 11.0. The Kier molecular flexibility index (Phi) is 7.90. The van der Waals surface area contributed by atoms with Crippen molar-refractivity contribution in [3.63, 3.8) is 0 Å². The van der Waals surface area contributed by atoms with Crippen LogP contribution >= 0.6 is 7.82 Å². The van der Waals surface area contributed by atoms with Crippen molar-refractivity contribution >= 4 is 7.82 Å². The van der Waals surface area contributed by atoms with Crippen LogP contribution in [0.2, 0.25) is 0 Å². The van der Waals surface area contributed by atoms with Gasteiger partial charge in [-0.25, -0.2) is 4.57 Å². The summed E-state index contributed by atoms with van der Waals surface area (Å²) in [6, 6.07) is 26.2. The second-order valence-corrected chi connectivity index (χ2v) is 8.37. The third-order valence-electron chi connectivity index (χ3n) is 4.34. The number of nitrogens with zero attached hydrogens (tertiary/aromatic N) is 3. The Hall–Kier alpha value is -3.76. The molecule has 32 heavy (non-hydrogen) atoms. The molecule has 0 unspecified atom stereocenters. The number of benzene rings is 3. The van der Waals surface area contributed by atoms with Gasteiger partial charge < -0.3 is 0 Å². The normalized spacial score (nSPS) is 10.7. The number of phosphoric ester groups is 1. The lowest BCUT2D eigenvalue weighted by Crippen LogP contribution is -2.02. The van der Waals surface area contributed by atoms with Crippen LogP contribution in [0.15, 0.2) is 72.8 Å². The summed E-state index contributed by atoms with van der Waals surface area (Å²) in [6.45, 7) is -0.282. The van der Waals surface area contributed by atoms with E-state index in [0.29, 0.717) is 33.4 Å². The average Bonchev–Trinajstić information content (AvgIpc) is 2.85. The standard InChI is InChI=1S/C24H18N3O4P/c25-13-19-4-1-7-22(10-19)16-29-32(28,30-17-23-8-2-5-20(11-23)14-26)31-18-24-9-3-6-21(12-24)15-27/h1-12H,16-18H2. The van der Waals surface area contributed by atoms with Crippen LogP contribution in [0.1, 0.15) is 33.4 Å². The number of nitriles is 3. The van der Waals surface area contributed by atoms with Crippen molar-refractivity contribution in [2.75, 3.05) is 0 Å². The Labute approximate surface area is 186 Å². The molecule has 0 aliphatic heterocycles. The van der Waals surface area contributed by atoms with Gasteiger partial charge in [-0.2, -0.15) is 15.8 Å². The van der Waals surface area contributed by atoms with Gasteiger partial charge in [-0.05, 0) is 53.1 Å². The van der Waals surface area contributed by atoms with Gasteiger partial charge in [0.2, 0.25) is 0 Å². The molecule has 0 radical (unpaired) electrons. The molecule has 0 N–H and O–H groups in total.